The van der Waals surface area contributed by atoms with E-state index < -0.39 is 13.0 Å². The molecule has 3 N–H and O–H groups in total. The Morgan fingerprint density at radius 2 is 2.22 bits per heavy atom. The van der Waals surface area contributed by atoms with Gasteiger partial charge >= 0.3 is 0 Å². The first-order valence-corrected chi connectivity index (χ1v) is 5.98. The summed E-state index contributed by atoms with van der Waals surface area (Å²) >= 11 is 10.7. The van der Waals surface area contributed by atoms with Crippen molar-refractivity contribution in [2.45, 2.75) is 6.43 Å². The number of nitrogens with two attached hydrogens (primary N) is 1. The Balaban J connectivity index is 2.49. The van der Waals surface area contributed by atoms with Gasteiger partial charge in [0.2, 0.25) is 0 Å². The maximum atomic E-state index is 11.8. The van der Waals surface area contributed by atoms with Crippen LogP contribution in [0.15, 0.2) is 18.2 Å². The van der Waals surface area contributed by atoms with E-state index >= 15 is 0 Å². The van der Waals surface area contributed by atoms with Crippen LogP contribution in [0.4, 0.5) is 14.5 Å². The van der Waals surface area contributed by atoms with Crippen LogP contribution >= 0.6 is 23.8 Å². The summed E-state index contributed by atoms with van der Waals surface area (Å²) in [5.74, 6) is 0. The van der Waals surface area contributed by atoms with Gasteiger partial charge in [-0.15, -0.1) is 0 Å². The predicted octanol–water partition coefficient (Wildman–Crippen LogP) is 2.67. The Morgan fingerprint density at radius 1 is 1.50 bits per heavy atom. The molecule has 1 aromatic carbocycles. The third-order valence-electron chi connectivity index (χ3n) is 2.05. The molecular weight excluding hydrogens is 282 g/mol. The minimum absolute atomic E-state index is 0.170. The molecule has 1 rings (SSSR count). The van der Waals surface area contributed by atoms with Crippen molar-refractivity contribution in [3.63, 3.8) is 0 Å². The molecule has 0 aromatic heterocycles. The summed E-state index contributed by atoms with van der Waals surface area (Å²) in [6, 6.07) is 5.06. The van der Waals surface area contributed by atoms with Gasteiger partial charge in [0.25, 0.3) is 6.43 Å². The molecule has 0 radical (unpaired) electrons. The van der Waals surface area contributed by atoms with Crippen molar-refractivity contribution in [2.75, 3.05) is 25.1 Å². The van der Waals surface area contributed by atoms with E-state index in [0.717, 1.165) is 0 Å². The van der Waals surface area contributed by atoms with Crippen molar-refractivity contribution >= 4 is 34.5 Å². The average Bonchev–Trinajstić information content (AvgIpc) is 2.29. The minimum Gasteiger partial charge on any atom is -0.389 e. The molecule has 0 aliphatic rings. The number of ether oxygens (including phenoxy) is 1. The zero-order chi connectivity index (χ0) is 13.5. The molecule has 7 heteroatoms. The van der Waals surface area contributed by atoms with E-state index in [2.05, 4.69) is 5.32 Å². The summed E-state index contributed by atoms with van der Waals surface area (Å²) < 4.78 is 28.3. The predicted molar refractivity (Wildman–Crippen MR) is 72.7 cm³/mol. The molecule has 0 aliphatic carbocycles. The molecular formula is C11H13ClF2N2OS. The molecule has 0 spiro atoms. The molecule has 100 valence electrons. The lowest BCUT2D eigenvalue weighted by molar-refractivity contribution is 0.0215. The van der Waals surface area contributed by atoms with Gasteiger partial charge in [0, 0.05) is 22.8 Å². The van der Waals surface area contributed by atoms with Crippen LogP contribution in [-0.4, -0.2) is 31.2 Å². The third kappa shape index (κ3) is 5.12. The second-order valence-electron chi connectivity index (χ2n) is 3.45. The number of thiocarbonyl (C=S) groups is 1. The van der Waals surface area contributed by atoms with Gasteiger partial charge in [-0.05, 0) is 18.2 Å². The first-order chi connectivity index (χ1) is 8.50. The number of nitrogens with one attached hydrogen (secondary N) is 1. The summed E-state index contributed by atoms with van der Waals surface area (Å²) in [7, 11) is 0. The maximum absolute atomic E-state index is 11.8. The molecule has 0 atom stereocenters. The topological polar surface area (TPSA) is 47.3 Å². The standard InChI is InChI=1S/C11H13ClF2N2OS/c12-7-1-2-9(8(5-7)11(15)18)16-3-4-17-6-10(13)14/h1-2,5,10,16H,3-4,6H2,(H2,15,18). The summed E-state index contributed by atoms with van der Waals surface area (Å²) in [6.45, 7) is -0.0157. The fourth-order valence-electron chi connectivity index (χ4n) is 1.30. The molecule has 0 saturated heterocycles. The van der Waals surface area contributed by atoms with Crippen molar-refractivity contribution in [3.8, 4) is 0 Å². The van der Waals surface area contributed by atoms with Crippen molar-refractivity contribution < 1.29 is 13.5 Å². The van der Waals surface area contributed by atoms with Crippen molar-refractivity contribution in [1.82, 2.24) is 0 Å². The highest BCUT2D eigenvalue weighted by Crippen LogP contribution is 2.20. The Bertz CT molecular complexity index is 418. The van der Waals surface area contributed by atoms with E-state index in [1.807, 2.05) is 0 Å². The molecule has 0 amide bonds. The average molecular weight is 295 g/mol. The van der Waals surface area contributed by atoms with E-state index in [9.17, 15) is 8.78 Å². The molecule has 0 fully saturated rings. The molecule has 18 heavy (non-hydrogen) atoms. The third-order valence-corrected chi connectivity index (χ3v) is 2.51. The highest BCUT2D eigenvalue weighted by Gasteiger charge is 2.06. The van der Waals surface area contributed by atoms with Crippen LogP contribution in [0.3, 0.4) is 0 Å². The van der Waals surface area contributed by atoms with E-state index in [4.69, 9.17) is 34.3 Å². The van der Waals surface area contributed by atoms with E-state index in [0.29, 0.717) is 22.8 Å². The van der Waals surface area contributed by atoms with Gasteiger partial charge in [0.1, 0.15) is 11.6 Å². The van der Waals surface area contributed by atoms with Crippen LogP contribution in [0.5, 0.6) is 0 Å². The van der Waals surface area contributed by atoms with Gasteiger partial charge < -0.3 is 15.8 Å². The smallest absolute Gasteiger partial charge is 0.261 e. The van der Waals surface area contributed by atoms with Crippen LogP contribution in [0.2, 0.25) is 5.02 Å². The quantitative estimate of drug-likeness (QED) is 0.599. The molecule has 0 heterocycles. The number of rotatable bonds is 7. The molecule has 0 unspecified atom stereocenters. The maximum Gasteiger partial charge on any atom is 0.261 e. The Hall–Kier alpha value is -0.980. The lowest BCUT2D eigenvalue weighted by Crippen LogP contribution is -2.17. The Kier molecular flexibility index (Phi) is 6.24. The molecule has 3 nitrogen and oxygen atoms in total. The lowest BCUT2D eigenvalue weighted by Gasteiger charge is -2.11. The summed E-state index contributed by atoms with van der Waals surface area (Å²) in [5.41, 5.74) is 6.87. The van der Waals surface area contributed by atoms with Crippen LogP contribution in [0, 0.1) is 0 Å². The van der Waals surface area contributed by atoms with Gasteiger partial charge in [-0.3, -0.25) is 0 Å². The largest absolute Gasteiger partial charge is 0.389 e. The summed E-state index contributed by atoms with van der Waals surface area (Å²) in [6.07, 6.45) is -2.45. The van der Waals surface area contributed by atoms with E-state index in [1.54, 1.807) is 18.2 Å². The van der Waals surface area contributed by atoms with Gasteiger partial charge in [0.15, 0.2) is 0 Å². The highest BCUT2D eigenvalue weighted by atomic mass is 35.5. The highest BCUT2D eigenvalue weighted by molar-refractivity contribution is 7.80. The van der Waals surface area contributed by atoms with Crippen LogP contribution in [0.1, 0.15) is 5.56 Å². The SMILES string of the molecule is NC(=S)c1cc(Cl)ccc1NCCOCC(F)F. The summed E-state index contributed by atoms with van der Waals surface area (Å²) in [5, 5.41) is 3.52. The van der Waals surface area contributed by atoms with Gasteiger partial charge in [-0.25, -0.2) is 8.78 Å². The number of anilines is 1. The molecule has 1 aromatic rings. The van der Waals surface area contributed by atoms with Gasteiger partial charge in [0.05, 0.1) is 6.61 Å². The first kappa shape index (κ1) is 15.1. The van der Waals surface area contributed by atoms with Crippen molar-refractivity contribution in [3.05, 3.63) is 28.8 Å². The Morgan fingerprint density at radius 3 is 2.83 bits per heavy atom. The fourth-order valence-corrected chi connectivity index (χ4v) is 1.65. The van der Waals surface area contributed by atoms with Crippen molar-refractivity contribution in [1.29, 1.82) is 0 Å². The number of benzene rings is 1. The van der Waals surface area contributed by atoms with Crippen LogP contribution in [-0.2, 0) is 4.74 Å². The van der Waals surface area contributed by atoms with Crippen molar-refractivity contribution in [2.24, 2.45) is 5.73 Å². The second-order valence-corrected chi connectivity index (χ2v) is 4.32. The molecule has 0 aliphatic heterocycles. The number of halogens is 3. The normalized spacial score (nSPS) is 10.7. The fraction of sp³-hybridized carbons (Fsp3) is 0.364. The molecule has 0 bridgehead atoms. The Labute approximate surface area is 114 Å². The van der Waals surface area contributed by atoms with Gasteiger partial charge in [-0.2, -0.15) is 0 Å². The van der Waals surface area contributed by atoms with Crippen LogP contribution < -0.4 is 11.1 Å². The number of hydrogen-bond acceptors (Lipinski definition) is 3. The second kappa shape index (κ2) is 7.45. The van der Waals surface area contributed by atoms with Crippen LogP contribution in [0.25, 0.3) is 0 Å². The monoisotopic (exact) mass is 294 g/mol. The van der Waals surface area contributed by atoms with Gasteiger partial charge in [-0.1, -0.05) is 23.8 Å². The number of hydrogen-bond donors (Lipinski definition) is 2. The number of alkyl halides is 2. The van der Waals surface area contributed by atoms with E-state index in [1.165, 1.54) is 0 Å². The zero-order valence-electron chi connectivity index (χ0n) is 9.46. The molecule has 0 saturated carbocycles. The van der Waals surface area contributed by atoms with E-state index in [-0.39, 0.29) is 11.6 Å². The first-order valence-electron chi connectivity index (χ1n) is 5.20. The lowest BCUT2D eigenvalue weighted by atomic mass is 10.2. The zero-order valence-corrected chi connectivity index (χ0v) is 11.0. The minimum atomic E-state index is -2.45. The summed E-state index contributed by atoms with van der Waals surface area (Å²) in [4.78, 5) is 0.216.